The van der Waals surface area contributed by atoms with Gasteiger partial charge in [-0.2, -0.15) is 0 Å². The van der Waals surface area contributed by atoms with Crippen molar-refractivity contribution < 1.29 is 14.6 Å². The Bertz CT molecular complexity index is 753. The molecule has 0 spiro atoms. The Kier molecular flexibility index (Phi) is 11.2. The quantitative estimate of drug-likeness (QED) is 0.280. The van der Waals surface area contributed by atoms with Gasteiger partial charge in [0.2, 0.25) is 0 Å². The molecule has 28 heavy (non-hydrogen) atoms. The van der Waals surface area contributed by atoms with Gasteiger partial charge in [-0.1, -0.05) is 24.3 Å². The second-order valence-corrected chi connectivity index (χ2v) is 6.01. The van der Waals surface area contributed by atoms with Crippen LogP contribution in [0.4, 0.5) is 0 Å². The van der Waals surface area contributed by atoms with E-state index in [0.29, 0.717) is 12.3 Å². The number of nitrogens with one attached hydrogen (secondary N) is 2. The Labute approximate surface area is 184 Å². The molecular formula is C21H30IN3O3. The third-order valence-corrected chi connectivity index (χ3v) is 4.14. The Balaban J connectivity index is 0.00000392. The van der Waals surface area contributed by atoms with Gasteiger partial charge in [0, 0.05) is 19.6 Å². The lowest BCUT2D eigenvalue weighted by atomic mass is 10.1. The van der Waals surface area contributed by atoms with E-state index in [2.05, 4.69) is 21.7 Å². The molecule has 0 bridgehead atoms. The predicted molar refractivity (Wildman–Crippen MR) is 124 cm³/mol. The molecule has 154 valence electrons. The zero-order valence-corrected chi connectivity index (χ0v) is 19.0. The number of hydrogen-bond donors (Lipinski definition) is 3. The molecule has 2 aromatic carbocycles. The number of para-hydroxylation sites is 1. The highest BCUT2D eigenvalue weighted by Gasteiger charge is 2.04. The first-order valence-electron chi connectivity index (χ1n) is 9.17. The average molecular weight is 499 g/mol. The summed E-state index contributed by atoms with van der Waals surface area (Å²) in [6.07, 6.45) is 1.61. The molecule has 0 saturated carbocycles. The fraction of sp³-hybridized carbons (Fsp3) is 0.381. The van der Waals surface area contributed by atoms with Crippen molar-refractivity contribution in [1.29, 1.82) is 0 Å². The van der Waals surface area contributed by atoms with E-state index in [0.717, 1.165) is 48.8 Å². The topological polar surface area (TPSA) is 75.1 Å². The number of guanidine groups is 1. The van der Waals surface area contributed by atoms with Crippen molar-refractivity contribution in [1.82, 2.24) is 10.6 Å². The summed E-state index contributed by atoms with van der Waals surface area (Å²) in [5, 5.41) is 16.3. The van der Waals surface area contributed by atoms with Crippen LogP contribution in [0.1, 0.15) is 18.1 Å². The highest BCUT2D eigenvalue weighted by Crippen LogP contribution is 2.26. The van der Waals surface area contributed by atoms with Gasteiger partial charge < -0.3 is 25.2 Å². The number of phenolic OH excluding ortho intramolecular Hbond substituents is 1. The molecule has 2 aromatic rings. The summed E-state index contributed by atoms with van der Waals surface area (Å²) in [5.74, 6) is 2.33. The van der Waals surface area contributed by atoms with Crippen molar-refractivity contribution in [3.63, 3.8) is 0 Å². The zero-order valence-electron chi connectivity index (χ0n) is 16.7. The molecule has 0 aromatic heterocycles. The van der Waals surface area contributed by atoms with E-state index in [-0.39, 0.29) is 29.7 Å². The van der Waals surface area contributed by atoms with Crippen LogP contribution >= 0.6 is 24.0 Å². The van der Waals surface area contributed by atoms with Crippen LogP contribution in [0, 0.1) is 0 Å². The molecule has 0 aliphatic carbocycles. The van der Waals surface area contributed by atoms with Crippen LogP contribution in [0.25, 0.3) is 0 Å². The van der Waals surface area contributed by atoms with Crippen molar-refractivity contribution >= 4 is 29.9 Å². The maximum absolute atomic E-state index is 9.67. The van der Waals surface area contributed by atoms with E-state index >= 15 is 0 Å². The van der Waals surface area contributed by atoms with Crippen molar-refractivity contribution in [2.75, 3.05) is 33.9 Å². The monoisotopic (exact) mass is 499 g/mol. The number of aromatic hydroxyl groups is 1. The number of ether oxygens (including phenoxy) is 2. The molecular weight excluding hydrogens is 469 g/mol. The Hall–Kier alpha value is -2.16. The van der Waals surface area contributed by atoms with Gasteiger partial charge in [-0.3, -0.25) is 4.99 Å². The summed E-state index contributed by atoms with van der Waals surface area (Å²) in [6, 6.07) is 13.4. The van der Waals surface area contributed by atoms with E-state index < -0.39 is 0 Å². The number of nitrogens with zero attached hydrogens (tertiary/aromatic N) is 1. The van der Waals surface area contributed by atoms with Crippen molar-refractivity contribution in [2.45, 2.75) is 19.8 Å². The number of methoxy groups -OCH3 is 2. The third kappa shape index (κ3) is 7.46. The molecule has 0 aliphatic rings. The van der Waals surface area contributed by atoms with E-state index in [1.807, 2.05) is 37.3 Å². The van der Waals surface area contributed by atoms with Crippen LogP contribution in [0.15, 0.2) is 47.5 Å². The third-order valence-electron chi connectivity index (χ3n) is 4.14. The minimum absolute atomic E-state index is 0. The lowest BCUT2D eigenvalue weighted by Crippen LogP contribution is -2.38. The van der Waals surface area contributed by atoms with Crippen LogP contribution in [-0.4, -0.2) is 44.9 Å². The van der Waals surface area contributed by atoms with Crippen molar-refractivity contribution in [3.05, 3.63) is 53.6 Å². The number of halogens is 1. The Morgan fingerprint density at radius 3 is 2.46 bits per heavy atom. The smallest absolute Gasteiger partial charge is 0.191 e. The van der Waals surface area contributed by atoms with Crippen LogP contribution in [0.2, 0.25) is 0 Å². The van der Waals surface area contributed by atoms with E-state index in [1.54, 1.807) is 20.3 Å². The summed E-state index contributed by atoms with van der Waals surface area (Å²) < 4.78 is 10.5. The van der Waals surface area contributed by atoms with Gasteiger partial charge in [-0.05, 0) is 49.1 Å². The molecule has 0 amide bonds. The van der Waals surface area contributed by atoms with E-state index in [9.17, 15) is 5.11 Å². The summed E-state index contributed by atoms with van der Waals surface area (Å²) in [7, 11) is 3.24. The van der Waals surface area contributed by atoms with Gasteiger partial charge in [0.25, 0.3) is 0 Å². The number of rotatable bonds is 9. The minimum atomic E-state index is 0. The predicted octanol–water partition coefficient (Wildman–Crippen LogP) is 3.37. The molecule has 0 radical (unpaired) electrons. The number of benzene rings is 2. The average Bonchev–Trinajstić information content (AvgIpc) is 2.69. The van der Waals surface area contributed by atoms with Crippen LogP contribution in [0.3, 0.4) is 0 Å². The van der Waals surface area contributed by atoms with Crippen molar-refractivity contribution in [2.24, 2.45) is 4.99 Å². The molecule has 3 N–H and O–H groups in total. The fourth-order valence-corrected chi connectivity index (χ4v) is 2.74. The lowest BCUT2D eigenvalue weighted by Gasteiger charge is -2.12. The molecule has 0 aliphatic heterocycles. The van der Waals surface area contributed by atoms with Crippen molar-refractivity contribution in [3.8, 4) is 17.2 Å². The molecule has 0 saturated heterocycles. The second kappa shape index (κ2) is 13.1. The first-order chi connectivity index (χ1) is 13.2. The molecule has 0 heterocycles. The molecule has 7 heteroatoms. The molecule has 2 rings (SSSR count). The summed E-state index contributed by atoms with van der Waals surface area (Å²) >= 11 is 0. The molecule has 0 unspecified atom stereocenters. The van der Waals surface area contributed by atoms with Gasteiger partial charge in [0.15, 0.2) is 17.5 Å². The van der Waals surface area contributed by atoms with Gasteiger partial charge >= 0.3 is 0 Å². The highest BCUT2D eigenvalue weighted by atomic mass is 127. The van der Waals surface area contributed by atoms with E-state index in [4.69, 9.17) is 9.47 Å². The first kappa shape index (κ1) is 23.9. The van der Waals surface area contributed by atoms with Crippen LogP contribution < -0.4 is 20.1 Å². The van der Waals surface area contributed by atoms with Gasteiger partial charge in [0.05, 0.1) is 14.2 Å². The van der Waals surface area contributed by atoms with E-state index in [1.165, 1.54) is 0 Å². The zero-order chi connectivity index (χ0) is 19.5. The summed E-state index contributed by atoms with van der Waals surface area (Å²) in [5.41, 5.74) is 2.23. The standard InChI is InChI=1S/C21H29N3O3.HI/c1-4-22-21(24-14-12-17-7-5-6-8-19(17)26-2)23-13-11-16-9-10-18(25)20(15-16)27-3;/h5-10,15,25H,4,11-14H2,1-3H3,(H2,22,23,24);1H. The number of aliphatic imine (C=N–C) groups is 1. The maximum Gasteiger partial charge on any atom is 0.191 e. The highest BCUT2D eigenvalue weighted by molar-refractivity contribution is 14.0. The molecule has 0 fully saturated rings. The Morgan fingerprint density at radius 1 is 1.00 bits per heavy atom. The molecule has 6 nitrogen and oxygen atoms in total. The largest absolute Gasteiger partial charge is 0.504 e. The second-order valence-electron chi connectivity index (χ2n) is 6.01. The fourth-order valence-electron chi connectivity index (χ4n) is 2.74. The first-order valence-corrected chi connectivity index (χ1v) is 9.17. The Morgan fingerprint density at radius 2 is 1.75 bits per heavy atom. The number of hydrogen-bond acceptors (Lipinski definition) is 4. The summed E-state index contributed by atoms with van der Waals surface area (Å²) in [6.45, 7) is 4.24. The summed E-state index contributed by atoms with van der Waals surface area (Å²) in [4.78, 5) is 4.64. The van der Waals surface area contributed by atoms with Gasteiger partial charge in [-0.25, -0.2) is 0 Å². The van der Waals surface area contributed by atoms with Gasteiger partial charge in [0.1, 0.15) is 5.75 Å². The van der Waals surface area contributed by atoms with Crippen LogP contribution in [-0.2, 0) is 12.8 Å². The van der Waals surface area contributed by atoms with Crippen LogP contribution in [0.5, 0.6) is 17.2 Å². The molecule has 0 atom stereocenters. The lowest BCUT2D eigenvalue weighted by molar-refractivity contribution is 0.373. The maximum atomic E-state index is 9.67. The number of phenols is 1. The normalized spacial score (nSPS) is 10.8. The van der Waals surface area contributed by atoms with Gasteiger partial charge in [-0.15, -0.1) is 24.0 Å². The minimum Gasteiger partial charge on any atom is -0.504 e. The SMILES string of the molecule is CCNC(=NCCc1ccccc1OC)NCCc1ccc(O)c(OC)c1.I.